The third-order valence-electron chi connectivity index (χ3n) is 4.54. The molecule has 0 bridgehead atoms. The van der Waals surface area contributed by atoms with Crippen molar-refractivity contribution in [1.82, 2.24) is 10.2 Å². The highest BCUT2D eigenvalue weighted by Gasteiger charge is 2.26. The second-order valence-corrected chi connectivity index (χ2v) is 7.22. The second kappa shape index (κ2) is 11.3. The molecule has 1 aromatic rings. The number of nitrogens with zero attached hydrogens (tertiary/aromatic N) is 1. The van der Waals surface area contributed by atoms with Gasteiger partial charge in [0.1, 0.15) is 0 Å². The number of carbonyl (C=O) groups is 2. The van der Waals surface area contributed by atoms with Crippen molar-refractivity contribution in [2.45, 2.75) is 26.2 Å². The standard InChI is InChI=1S/C20H26Cl2N2O3/c1-2-27-14-4-11-23-20(26)15-9-12-24(13-10-15)19(25)8-7-16-17(21)5-3-6-18(16)22/h3,5-8,15H,2,4,9-14H2,1H3,(H,23,26)/b8-7+. The Labute approximate surface area is 170 Å². The van der Waals surface area contributed by atoms with E-state index in [9.17, 15) is 9.59 Å². The zero-order chi connectivity index (χ0) is 19.6. The molecule has 0 radical (unpaired) electrons. The Morgan fingerprint density at radius 1 is 1.26 bits per heavy atom. The molecule has 7 heteroatoms. The van der Waals surface area contributed by atoms with Gasteiger partial charge < -0.3 is 15.0 Å². The molecule has 27 heavy (non-hydrogen) atoms. The smallest absolute Gasteiger partial charge is 0.246 e. The van der Waals surface area contributed by atoms with Crippen molar-refractivity contribution in [3.05, 3.63) is 39.9 Å². The van der Waals surface area contributed by atoms with Crippen LogP contribution in [0, 0.1) is 5.92 Å². The fourth-order valence-corrected chi connectivity index (χ4v) is 3.49. The molecule has 1 heterocycles. The van der Waals surface area contributed by atoms with Crippen LogP contribution in [0.3, 0.4) is 0 Å². The quantitative estimate of drug-likeness (QED) is 0.521. The number of nitrogens with one attached hydrogen (secondary N) is 1. The predicted octanol–water partition coefficient (Wildman–Crippen LogP) is 3.79. The Morgan fingerprint density at radius 3 is 2.56 bits per heavy atom. The molecule has 5 nitrogen and oxygen atoms in total. The third kappa shape index (κ3) is 6.83. The minimum atomic E-state index is -0.0958. The molecule has 148 valence electrons. The van der Waals surface area contributed by atoms with Crippen LogP contribution in [0.2, 0.25) is 10.0 Å². The normalized spacial score (nSPS) is 15.3. The summed E-state index contributed by atoms with van der Waals surface area (Å²) in [5.74, 6) is -0.0679. The monoisotopic (exact) mass is 412 g/mol. The summed E-state index contributed by atoms with van der Waals surface area (Å²) in [6.07, 6.45) is 5.28. The Balaban J connectivity index is 1.77. The number of ether oxygens (including phenoxy) is 1. The zero-order valence-corrected chi connectivity index (χ0v) is 17.1. The van der Waals surface area contributed by atoms with E-state index in [0.29, 0.717) is 61.3 Å². The summed E-state index contributed by atoms with van der Waals surface area (Å²) in [7, 11) is 0. The molecule has 1 aliphatic rings. The number of hydrogen-bond donors (Lipinski definition) is 1. The summed E-state index contributed by atoms with van der Waals surface area (Å²) in [6, 6.07) is 5.22. The Bertz CT molecular complexity index is 651. The lowest BCUT2D eigenvalue weighted by Gasteiger charge is -2.30. The maximum absolute atomic E-state index is 12.4. The van der Waals surface area contributed by atoms with E-state index in [1.54, 1.807) is 29.2 Å². The van der Waals surface area contributed by atoms with Crippen LogP contribution in [0.25, 0.3) is 6.08 Å². The van der Waals surface area contributed by atoms with Crippen molar-refractivity contribution < 1.29 is 14.3 Å². The maximum atomic E-state index is 12.4. The van der Waals surface area contributed by atoms with Crippen molar-refractivity contribution in [1.29, 1.82) is 0 Å². The molecule has 1 N–H and O–H groups in total. The summed E-state index contributed by atoms with van der Waals surface area (Å²) < 4.78 is 5.25. The Kier molecular flexibility index (Phi) is 9.11. The van der Waals surface area contributed by atoms with E-state index < -0.39 is 0 Å². The molecule has 0 aliphatic carbocycles. The number of halogens is 2. The van der Waals surface area contributed by atoms with Crippen LogP contribution < -0.4 is 5.32 Å². The van der Waals surface area contributed by atoms with Crippen LogP contribution in [0.5, 0.6) is 0 Å². The zero-order valence-electron chi connectivity index (χ0n) is 15.5. The molecule has 2 rings (SSSR count). The van der Waals surface area contributed by atoms with Crippen LogP contribution >= 0.6 is 23.2 Å². The summed E-state index contributed by atoms with van der Waals surface area (Å²) in [6.45, 7) is 5.06. The maximum Gasteiger partial charge on any atom is 0.246 e. The lowest BCUT2D eigenvalue weighted by molar-refractivity contribution is -0.132. The average molecular weight is 413 g/mol. The summed E-state index contributed by atoms with van der Waals surface area (Å²) in [5, 5.41) is 3.96. The number of likely N-dealkylation sites (tertiary alicyclic amines) is 1. The van der Waals surface area contributed by atoms with Gasteiger partial charge in [-0.15, -0.1) is 0 Å². The van der Waals surface area contributed by atoms with Gasteiger partial charge >= 0.3 is 0 Å². The van der Waals surface area contributed by atoms with Crippen molar-refractivity contribution in [3.8, 4) is 0 Å². The molecule has 2 amide bonds. The van der Waals surface area contributed by atoms with E-state index in [0.717, 1.165) is 6.42 Å². The highest BCUT2D eigenvalue weighted by molar-refractivity contribution is 6.37. The summed E-state index contributed by atoms with van der Waals surface area (Å²) in [5.41, 5.74) is 0.635. The third-order valence-corrected chi connectivity index (χ3v) is 5.20. The largest absolute Gasteiger partial charge is 0.382 e. The van der Waals surface area contributed by atoms with Gasteiger partial charge in [0.15, 0.2) is 0 Å². The molecule has 1 aromatic carbocycles. The first-order chi connectivity index (χ1) is 13.0. The lowest BCUT2D eigenvalue weighted by Crippen LogP contribution is -2.42. The summed E-state index contributed by atoms with van der Waals surface area (Å²) in [4.78, 5) is 26.3. The number of rotatable bonds is 8. The number of carbonyl (C=O) groups excluding carboxylic acids is 2. The van der Waals surface area contributed by atoms with Gasteiger partial charge in [0.05, 0.1) is 0 Å². The van der Waals surface area contributed by atoms with E-state index >= 15 is 0 Å². The van der Waals surface area contributed by atoms with E-state index in [-0.39, 0.29) is 17.7 Å². The fraction of sp³-hybridized carbons (Fsp3) is 0.500. The first kappa shape index (κ1) is 21.7. The van der Waals surface area contributed by atoms with E-state index in [1.807, 2.05) is 6.92 Å². The minimum Gasteiger partial charge on any atom is -0.382 e. The van der Waals surface area contributed by atoms with E-state index in [2.05, 4.69) is 5.32 Å². The van der Waals surface area contributed by atoms with Gasteiger partial charge in [-0.1, -0.05) is 29.3 Å². The van der Waals surface area contributed by atoms with E-state index in [4.69, 9.17) is 27.9 Å². The summed E-state index contributed by atoms with van der Waals surface area (Å²) >= 11 is 12.2. The first-order valence-electron chi connectivity index (χ1n) is 9.29. The van der Waals surface area contributed by atoms with Gasteiger partial charge in [0.2, 0.25) is 11.8 Å². The molecule has 1 aliphatic heterocycles. The van der Waals surface area contributed by atoms with Crippen LogP contribution in [0.15, 0.2) is 24.3 Å². The van der Waals surface area contributed by atoms with Crippen molar-refractivity contribution in [2.24, 2.45) is 5.92 Å². The number of piperidine rings is 1. The molecule has 0 spiro atoms. The Morgan fingerprint density at radius 2 is 1.93 bits per heavy atom. The van der Waals surface area contributed by atoms with Gasteiger partial charge in [-0.2, -0.15) is 0 Å². The van der Waals surface area contributed by atoms with Crippen LogP contribution in [-0.4, -0.2) is 49.6 Å². The van der Waals surface area contributed by atoms with Crippen LogP contribution in [0.1, 0.15) is 31.7 Å². The molecule has 1 saturated heterocycles. The van der Waals surface area contributed by atoms with Crippen LogP contribution in [-0.2, 0) is 14.3 Å². The molecule has 1 fully saturated rings. The predicted molar refractivity (Wildman–Crippen MR) is 109 cm³/mol. The van der Waals surface area contributed by atoms with Gasteiger partial charge in [-0.3, -0.25) is 9.59 Å². The number of benzene rings is 1. The molecular weight excluding hydrogens is 387 g/mol. The average Bonchev–Trinajstić information content (AvgIpc) is 2.67. The van der Waals surface area contributed by atoms with Gasteiger partial charge in [0.25, 0.3) is 0 Å². The number of amides is 2. The molecule has 0 unspecified atom stereocenters. The molecular formula is C20H26Cl2N2O3. The van der Waals surface area contributed by atoms with Crippen molar-refractivity contribution in [3.63, 3.8) is 0 Å². The minimum absolute atomic E-state index is 0.0388. The molecule has 0 atom stereocenters. The van der Waals surface area contributed by atoms with Gasteiger partial charge in [-0.05, 0) is 44.4 Å². The Hall–Kier alpha value is -1.56. The second-order valence-electron chi connectivity index (χ2n) is 6.41. The SMILES string of the molecule is CCOCCCNC(=O)C1CCN(C(=O)/C=C/c2c(Cl)cccc2Cl)CC1. The van der Waals surface area contributed by atoms with Gasteiger partial charge in [0, 0.05) is 60.5 Å². The van der Waals surface area contributed by atoms with Crippen LogP contribution in [0.4, 0.5) is 0 Å². The first-order valence-corrected chi connectivity index (χ1v) is 10.0. The topological polar surface area (TPSA) is 58.6 Å². The number of hydrogen-bond acceptors (Lipinski definition) is 3. The molecule has 0 aromatic heterocycles. The fourth-order valence-electron chi connectivity index (χ4n) is 2.97. The van der Waals surface area contributed by atoms with Crippen molar-refractivity contribution >= 4 is 41.1 Å². The van der Waals surface area contributed by atoms with Crippen molar-refractivity contribution in [2.75, 3.05) is 32.8 Å². The van der Waals surface area contributed by atoms with Gasteiger partial charge in [-0.25, -0.2) is 0 Å². The van der Waals surface area contributed by atoms with E-state index in [1.165, 1.54) is 6.08 Å². The highest BCUT2D eigenvalue weighted by Crippen LogP contribution is 2.25. The molecule has 0 saturated carbocycles. The highest BCUT2D eigenvalue weighted by atomic mass is 35.5. The lowest BCUT2D eigenvalue weighted by atomic mass is 9.96.